The van der Waals surface area contributed by atoms with E-state index in [0.29, 0.717) is 0 Å². The van der Waals surface area contributed by atoms with E-state index in [-0.39, 0.29) is 13.0 Å². The Labute approximate surface area is 90.7 Å². The molecule has 1 unspecified atom stereocenters. The lowest BCUT2D eigenvalue weighted by molar-refractivity contribution is -0.141. The Morgan fingerprint density at radius 1 is 1.50 bits per heavy atom. The molecule has 1 aliphatic rings. The summed E-state index contributed by atoms with van der Waals surface area (Å²) in [5.41, 5.74) is 0. The highest BCUT2D eigenvalue weighted by molar-refractivity contribution is 6.02. The summed E-state index contributed by atoms with van der Waals surface area (Å²) < 4.78 is 4.31. The van der Waals surface area contributed by atoms with Crippen molar-refractivity contribution >= 4 is 23.8 Å². The first kappa shape index (κ1) is 12.0. The molecular formula is C8H11N3O5. The normalized spacial score (nSPS) is 19.4. The van der Waals surface area contributed by atoms with Gasteiger partial charge in [0, 0.05) is 0 Å². The third kappa shape index (κ3) is 3.23. The highest BCUT2D eigenvalue weighted by Crippen LogP contribution is 1.97. The van der Waals surface area contributed by atoms with E-state index in [1.54, 1.807) is 0 Å². The molecular weight excluding hydrogens is 218 g/mol. The van der Waals surface area contributed by atoms with Gasteiger partial charge in [0.05, 0.1) is 13.5 Å². The molecule has 16 heavy (non-hydrogen) atoms. The van der Waals surface area contributed by atoms with Gasteiger partial charge < -0.3 is 15.4 Å². The number of methoxy groups -OCH3 is 1. The number of esters is 1. The number of hydrogen-bond donors (Lipinski definition) is 3. The van der Waals surface area contributed by atoms with Crippen LogP contribution in [0, 0.1) is 0 Å². The Balaban J connectivity index is 2.44. The summed E-state index contributed by atoms with van der Waals surface area (Å²) in [7, 11) is 1.18. The van der Waals surface area contributed by atoms with Crippen molar-refractivity contribution in [2.75, 3.05) is 13.7 Å². The summed E-state index contributed by atoms with van der Waals surface area (Å²) >= 11 is 0. The molecule has 1 atom stereocenters. The van der Waals surface area contributed by atoms with Gasteiger partial charge in [-0.15, -0.1) is 0 Å². The van der Waals surface area contributed by atoms with Crippen LogP contribution in [0.25, 0.3) is 0 Å². The minimum absolute atomic E-state index is 0.154. The third-order valence-electron chi connectivity index (χ3n) is 1.90. The molecule has 1 fully saturated rings. The quantitative estimate of drug-likeness (QED) is 0.478. The summed E-state index contributed by atoms with van der Waals surface area (Å²) in [6, 6.07) is -1.68. The van der Waals surface area contributed by atoms with Crippen molar-refractivity contribution in [2.45, 2.75) is 12.5 Å². The molecule has 0 bridgehead atoms. The van der Waals surface area contributed by atoms with E-state index in [1.807, 2.05) is 5.32 Å². The minimum atomic E-state index is -0.953. The Hall–Kier alpha value is -2.12. The van der Waals surface area contributed by atoms with Crippen LogP contribution in [-0.4, -0.2) is 43.5 Å². The highest BCUT2D eigenvalue weighted by atomic mass is 16.5. The third-order valence-corrected chi connectivity index (χ3v) is 1.90. The number of carbonyl (C=O) groups excluding carboxylic acids is 4. The predicted molar refractivity (Wildman–Crippen MR) is 50.1 cm³/mol. The van der Waals surface area contributed by atoms with Crippen LogP contribution in [-0.2, 0) is 19.1 Å². The maximum absolute atomic E-state index is 11.4. The largest absolute Gasteiger partial charge is 0.468 e. The van der Waals surface area contributed by atoms with Gasteiger partial charge in [0.25, 0.3) is 0 Å². The van der Waals surface area contributed by atoms with Gasteiger partial charge in [0.1, 0.15) is 12.6 Å². The van der Waals surface area contributed by atoms with Gasteiger partial charge in [-0.05, 0) is 0 Å². The van der Waals surface area contributed by atoms with Crippen LogP contribution in [0.2, 0.25) is 0 Å². The molecule has 1 rings (SSSR count). The number of imide groups is 1. The molecule has 0 aromatic heterocycles. The van der Waals surface area contributed by atoms with E-state index < -0.39 is 29.9 Å². The first-order chi connectivity index (χ1) is 7.52. The SMILES string of the molecule is COC(=O)CNC(=O)C1CC(=O)NC(=O)N1. The number of hydrogen-bond acceptors (Lipinski definition) is 5. The second kappa shape index (κ2) is 5.10. The summed E-state index contributed by atoms with van der Waals surface area (Å²) in [6.07, 6.45) is -0.154. The number of nitrogens with one attached hydrogen (secondary N) is 3. The van der Waals surface area contributed by atoms with Crippen LogP contribution in [0.4, 0.5) is 4.79 Å². The fraction of sp³-hybridized carbons (Fsp3) is 0.500. The number of urea groups is 1. The minimum Gasteiger partial charge on any atom is -0.468 e. The molecule has 8 nitrogen and oxygen atoms in total. The summed E-state index contributed by atoms with van der Waals surface area (Å²) in [6.45, 7) is -0.302. The zero-order valence-corrected chi connectivity index (χ0v) is 8.53. The average Bonchev–Trinajstić information content (AvgIpc) is 2.23. The molecule has 88 valence electrons. The Morgan fingerprint density at radius 2 is 2.19 bits per heavy atom. The molecule has 0 aliphatic carbocycles. The van der Waals surface area contributed by atoms with Crippen molar-refractivity contribution in [3.05, 3.63) is 0 Å². The zero-order valence-electron chi connectivity index (χ0n) is 8.53. The number of rotatable bonds is 3. The predicted octanol–water partition coefficient (Wildman–Crippen LogP) is -2.13. The summed E-state index contributed by atoms with van der Waals surface area (Å²) in [5.74, 6) is -1.75. The van der Waals surface area contributed by atoms with Gasteiger partial charge in [0.15, 0.2) is 0 Å². The first-order valence-corrected chi connectivity index (χ1v) is 4.48. The van der Waals surface area contributed by atoms with Crippen molar-refractivity contribution in [3.8, 4) is 0 Å². The van der Waals surface area contributed by atoms with E-state index in [9.17, 15) is 19.2 Å². The van der Waals surface area contributed by atoms with Gasteiger partial charge >= 0.3 is 12.0 Å². The fourth-order valence-corrected chi connectivity index (χ4v) is 1.12. The number of amides is 4. The van der Waals surface area contributed by atoms with Gasteiger partial charge in [-0.25, -0.2) is 4.79 Å². The van der Waals surface area contributed by atoms with Crippen LogP contribution >= 0.6 is 0 Å². The molecule has 8 heteroatoms. The van der Waals surface area contributed by atoms with E-state index >= 15 is 0 Å². The van der Waals surface area contributed by atoms with Crippen molar-refractivity contribution in [1.29, 1.82) is 0 Å². The Bertz CT molecular complexity index is 325. The van der Waals surface area contributed by atoms with Crippen LogP contribution in [0.15, 0.2) is 0 Å². The second-order valence-electron chi connectivity index (χ2n) is 3.07. The fourth-order valence-electron chi connectivity index (χ4n) is 1.12. The van der Waals surface area contributed by atoms with Crippen LogP contribution in [0.5, 0.6) is 0 Å². The van der Waals surface area contributed by atoms with E-state index in [0.717, 1.165) is 0 Å². The van der Waals surface area contributed by atoms with Crippen LogP contribution in [0.1, 0.15) is 6.42 Å². The molecule has 1 aliphatic heterocycles. The lowest BCUT2D eigenvalue weighted by atomic mass is 10.1. The van der Waals surface area contributed by atoms with Crippen molar-refractivity contribution in [3.63, 3.8) is 0 Å². The molecule has 1 saturated heterocycles. The molecule has 0 radical (unpaired) electrons. The second-order valence-corrected chi connectivity index (χ2v) is 3.07. The van der Waals surface area contributed by atoms with E-state index in [1.165, 1.54) is 7.11 Å². The van der Waals surface area contributed by atoms with Gasteiger partial charge in [-0.3, -0.25) is 19.7 Å². The number of ether oxygens (including phenoxy) is 1. The first-order valence-electron chi connectivity index (χ1n) is 4.48. The molecule has 4 amide bonds. The Kier molecular flexibility index (Phi) is 3.81. The Morgan fingerprint density at radius 3 is 2.75 bits per heavy atom. The van der Waals surface area contributed by atoms with Crippen LogP contribution in [0.3, 0.4) is 0 Å². The van der Waals surface area contributed by atoms with Gasteiger partial charge in [-0.1, -0.05) is 0 Å². The van der Waals surface area contributed by atoms with Crippen LogP contribution < -0.4 is 16.0 Å². The maximum Gasteiger partial charge on any atom is 0.325 e. The average molecular weight is 229 g/mol. The molecule has 0 saturated carbocycles. The topological polar surface area (TPSA) is 114 Å². The lowest BCUT2D eigenvalue weighted by Crippen LogP contribution is -2.58. The van der Waals surface area contributed by atoms with E-state index in [2.05, 4.69) is 15.4 Å². The van der Waals surface area contributed by atoms with Gasteiger partial charge in [-0.2, -0.15) is 0 Å². The highest BCUT2D eigenvalue weighted by Gasteiger charge is 2.29. The monoisotopic (exact) mass is 229 g/mol. The lowest BCUT2D eigenvalue weighted by Gasteiger charge is -2.21. The summed E-state index contributed by atoms with van der Waals surface area (Å²) in [5, 5.41) is 6.47. The maximum atomic E-state index is 11.4. The summed E-state index contributed by atoms with van der Waals surface area (Å²) in [4.78, 5) is 43.9. The molecule has 1 heterocycles. The van der Waals surface area contributed by atoms with Crippen molar-refractivity contribution < 1.29 is 23.9 Å². The molecule has 0 aromatic rings. The van der Waals surface area contributed by atoms with Gasteiger partial charge in [0.2, 0.25) is 11.8 Å². The van der Waals surface area contributed by atoms with Crippen molar-refractivity contribution in [2.24, 2.45) is 0 Å². The molecule has 0 aromatic carbocycles. The molecule has 3 N–H and O–H groups in total. The smallest absolute Gasteiger partial charge is 0.325 e. The van der Waals surface area contributed by atoms with E-state index in [4.69, 9.17) is 0 Å². The zero-order chi connectivity index (χ0) is 12.1. The molecule has 0 spiro atoms. The standard InChI is InChI=1S/C8H11N3O5/c1-16-6(13)3-9-7(14)4-2-5(12)11-8(15)10-4/h4H,2-3H2,1H3,(H,9,14)(H2,10,11,12,15). The van der Waals surface area contributed by atoms with Crippen molar-refractivity contribution in [1.82, 2.24) is 16.0 Å². The number of carbonyl (C=O) groups is 4.